The first-order valence-corrected chi connectivity index (χ1v) is 8.38. The number of hydrogen-bond donors (Lipinski definition) is 1. The van der Waals surface area contributed by atoms with Gasteiger partial charge >= 0.3 is 12.1 Å². The molecule has 1 heterocycles. The topological polar surface area (TPSA) is 77.5 Å². The summed E-state index contributed by atoms with van der Waals surface area (Å²) in [6, 6.07) is 5.22. The summed E-state index contributed by atoms with van der Waals surface area (Å²) in [5.41, 5.74) is 0.111. The standard InChI is InChI=1S/C19H23FN2O4/c1-6-25-17(23)13-10-12-14(20)8-7-9-15(12)22-16(13)11(2)21-18(24)26-19(3,4)5/h7-11H,6H2,1-5H3,(H,21,24)/t11-/m0/s1. The quantitative estimate of drug-likeness (QED) is 0.827. The Morgan fingerprint density at radius 3 is 2.62 bits per heavy atom. The third-order valence-corrected chi connectivity index (χ3v) is 3.47. The summed E-state index contributed by atoms with van der Waals surface area (Å²) >= 11 is 0. The van der Waals surface area contributed by atoms with Gasteiger partial charge in [-0.3, -0.25) is 0 Å². The number of amides is 1. The monoisotopic (exact) mass is 362 g/mol. The lowest BCUT2D eigenvalue weighted by atomic mass is 10.0. The molecule has 2 rings (SSSR count). The Balaban J connectivity index is 2.44. The van der Waals surface area contributed by atoms with Crippen LogP contribution in [0.3, 0.4) is 0 Å². The van der Waals surface area contributed by atoms with Crippen molar-refractivity contribution in [3.63, 3.8) is 0 Å². The van der Waals surface area contributed by atoms with Crippen molar-refractivity contribution in [1.29, 1.82) is 0 Å². The minimum atomic E-state index is -0.659. The molecule has 7 heteroatoms. The molecule has 0 saturated carbocycles. The highest BCUT2D eigenvalue weighted by Crippen LogP contribution is 2.24. The van der Waals surface area contributed by atoms with Crippen LogP contribution in [0.4, 0.5) is 9.18 Å². The maximum Gasteiger partial charge on any atom is 0.408 e. The van der Waals surface area contributed by atoms with Gasteiger partial charge in [0.05, 0.1) is 29.4 Å². The van der Waals surface area contributed by atoms with E-state index in [4.69, 9.17) is 9.47 Å². The molecule has 0 aliphatic carbocycles. The van der Waals surface area contributed by atoms with Crippen LogP contribution >= 0.6 is 0 Å². The summed E-state index contributed by atoms with van der Waals surface area (Å²) in [5.74, 6) is -1.11. The fourth-order valence-corrected chi connectivity index (χ4v) is 2.43. The van der Waals surface area contributed by atoms with Crippen LogP contribution in [0, 0.1) is 5.82 Å². The van der Waals surface area contributed by atoms with Crippen LogP contribution in [0.25, 0.3) is 10.9 Å². The second-order valence-electron chi connectivity index (χ2n) is 6.82. The van der Waals surface area contributed by atoms with E-state index in [1.807, 2.05) is 0 Å². The minimum Gasteiger partial charge on any atom is -0.462 e. The Morgan fingerprint density at radius 2 is 2.00 bits per heavy atom. The van der Waals surface area contributed by atoms with Crippen molar-refractivity contribution in [2.45, 2.75) is 46.3 Å². The Morgan fingerprint density at radius 1 is 1.31 bits per heavy atom. The van der Waals surface area contributed by atoms with E-state index < -0.39 is 29.5 Å². The first kappa shape index (κ1) is 19.6. The van der Waals surface area contributed by atoms with Gasteiger partial charge in [-0.2, -0.15) is 0 Å². The summed E-state index contributed by atoms with van der Waals surface area (Å²) in [4.78, 5) is 28.7. The largest absolute Gasteiger partial charge is 0.462 e. The molecule has 0 fully saturated rings. The van der Waals surface area contributed by atoms with E-state index >= 15 is 0 Å². The highest BCUT2D eigenvalue weighted by molar-refractivity contribution is 5.95. The maximum atomic E-state index is 14.1. The van der Waals surface area contributed by atoms with Gasteiger partial charge in [0, 0.05) is 5.39 Å². The number of nitrogens with zero attached hydrogens (tertiary/aromatic N) is 1. The zero-order valence-corrected chi connectivity index (χ0v) is 15.6. The van der Waals surface area contributed by atoms with Crippen LogP contribution in [0.5, 0.6) is 0 Å². The number of pyridine rings is 1. The van der Waals surface area contributed by atoms with Gasteiger partial charge in [-0.25, -0.2) is 19.0 Å². The van der Waals surface area contributed by atoms with E-state index in [2.05, 4.69) is 10.3 Å². The number of carbonyl (C=O) groups is 2. The average Bonchev–Trinajstić information content (AvgIpc) is 2.52. The molecule has 26 heavy (non-hydrogen) atoms. The Labute approximate surface area is 151 Å². The molecule has 1 aromatic heterocycles. The number of halogens is 1. The van der Waals surface area contributed by atoms with Gasteiger partial charge in [-0.1, -0.05) is 6.07 Å². The van der Waals surface area contributed by atoms with Crippen LogP contribution in [-0.2, 0) is 9.47 Å². The summed E-state index contributed by atoms with van der Waals surface area (Å²) < 4.78 is 24.3. The van der Waals surface area contributed by atoms with E-state index in [0.717, 1.165) is 0 Å². The summed E-state index contributed by atoms with van der Waals surface area (Å²) in [6.07, 6.45) is -0.638. The van der Waals surface area contributed by atoms with Gasteiger partial charge in [-0.05, 0) is 52.8 Å². The molecule has 1 N–H and O–H groups in total. The molecule has 0 bridgehead atoms. The predicted molar refractivity (Wildman–Crippen MR) is 95.4 cm³/mol. The fourth-order valence-electron chi connectivity index (χ4n) is 2.43. The summed E-state index contributed by atoms with van der Waals surface area (Å²) in [7, 11) is 0. The molecule has 0 unspecified atom stereocenters. The fraction of sp³-hybridized carbons (Fsp3) is 0.421. The lowest BCUT2D eigenvalue weighted by Gasteiger charge is -2.22. The van der Waals surface area contributed by atoms with Crippen molar-refractivity contribution in [2.75, 3.05) is 6.61 Å². The maximum absolute atomic E-state index is 14.1. The van der Waals surface area contributed by atoms with Gasteiger partial charge < -0.3 is 14.8 Å². The van der Waals surface area contributed by atoms with E-state index in [1.165, 1.54) is 18.2 Å². The average molecular weight is 362 g/mol. The molecular weight excluding hydrogens is 339 g/mol. The van der Waals surface area contributed by atoms with Crippen LogP contribution in [-0.4, -0.2) is 29.3 Å². The number of ether oxygens (including phenoxy) is 2. The summed E-state index contributed by atoms with van der Waals surface area (Å²) in [6.45, 7) is 8.76. The Kier molecular flexibility index (Phi) is 5.79. The molecule has 0 spiro atoms. The van der Waals surface area contributed by atoms with Crippen molar-refractivity contribution in [3.05, 3.63) is 41.3 Å². The first-order valence-electron chi connectivity index (χ1n) is 8.38. The van der Waals surface area contributed by atoms with Crippen molar-refractivity contribution < 1.29 is 23.5 Å². The van der Waals surface area contributed by atoms with Crippen molar-refractivity contribution >= 4 is 23.0 Å². The number of carbonyl (C=O) groups excluding carboxylic acids is 2. The lowest BCUT2D eigenvalue weighted by Crippen LogP contribution is -2.35. The molecule has 140 valence electrons. The number of nitrogens with one attached hydrogen (secondary N) is 1. The van der Waals surface area contributed by atoms with E-state index in [-0.39, 0.29) is 23.3 Å². The molecule has 1 amide bonds. The number of fused-ring (bicyclic) bond motifs is 1. The number of alkyl carbamates (subject to hydrolysis) is 1. The van der Waals surface area contributed by atoms with Crippen LogP contribution in [0.1, 0.15) is 56.7 Å². The number of hydrogen-bond acceptors (Lipinski definition) is 5. The normalized spacial score (nSPS) is 12.5. The van der Waals surface area contributed by atoms with Gasteiger partial charge in [0.15, 0.2) is 0 Å². The molecule has 2 aromatic rings. The van der Waals surface area contributed by atoms with Crippen molar-refractivity contribution in [2.24, 2.45) is 0 Å². The van der Waals surface area contributed by atoms with Crippen LogP contribution in [0.2, 0.25) is 0 Å². The Bertz CT molecular complexity index is 830. The minimum absolute atomic E-state index is 0.105. The van der Waals surface area contributed by atoms with Crippen molar-refractivity contribution in [1.82, 2.24) is 10.3 Å². The van der Waals surface area contributed by atoms with Gasteiger partial charge in [0.2, 0.25) is 0 Å². The second-order valence-corrected chi connectivity index (χ2v) is 6.82. The lowest BCUT2D eigenvalue weighted by molar-refractivity contribution is 0.0488. The van der Waals surface area contributed by atoms with Gasteiger partial charge in [0.1, 0.15) is 11.4 Å². The highest BCUT2D eigenvalue weighted by Gasteiger charge is 2.24. The Hall–Kier alpha value is -2.70. The molecule has 1 atom stereocenters. The van der Waals surface area contributed by atoms with Crippen LogP contribution < -0.4 is 5.32 Å². The SMILES string of the molecule is CCOC(=O)c1cc2c(F)cccc2nc1[C@H](C)NC(=O)OC(C)(C)C. The zero-order chi connectivity index (χ0) is 19.5. The molecule has 1 aromatic carbocycles. The van der Waals surface area contributed by atoms with Crippen LogP contribution in [0.15, 0.2) is 24.3 Å². The highest BCUT2D eigenvalue weighted by atomic mass is 19.1. The molecule has 0 saturated heterocycles. The molecule has 0 aliphatic rings. The van der Waals surface area contributed by atoms with Crippen molar-refractivity contribution in [3.8, 4) is 0 Å². The van der Waals surface area contributed by atoms with Gasteiger partial charge in [0.25, 0.3) is 0 Å². The molecule has 0 aliphatic heterocycles. The number of esters is 1. The van der Waals surface area contributed by atoms with E-state index in [9.17, 15) is 14.0 Å². The van der Waals surface area contributed by atoms with E-state index in [1.54, 1.807) is 40.7 Å². The predicted octanol–water partition coefficient (Wildman–Crippen LogP) is 4.14. The zero-order valence-electron chi connectivity index (χ0n) is 15.6. The molecule has 6 nitrogen and oxygen atoms in total. The number of benzene rings is 1. The van der Waals surface area contributed by atoms with Gasteiger partial charge in [-0.15, -0.1) is 0 Å². The third-order valence-electron chi connectivity index (χ3n) is 3.47. The van der Waals surface area contributed by atoms with E-state index in [0.29, 0.717) is 5.52 Å². The smallest absolute Gasteiger partial charge is 0.408 e. The summed E-state index contributed by atoms with van der Waals surface area (Å²) in [5, 5.41) is 2.86. The number of rotatable bonds is 4. The third kappa shape index (κ3) is 4.68. The molecule has 0 radical (unpaired) electrons. The second kappa shape index (κ2) is 7.68. The molecular formula is C19H23FN2O4. The first-order chi connectivity index (χ1) is 12.1. The number of aromatic nitrogens is 1.